The number of benzene rings is 6. The molecule has 0 aliphatic carbocycles. The molecule has 0 N–H and O–H groups in total. The van der Waals surface area contributed by atoms with Crippen molar-refractivity contribution in [3.8, 4) is 22.9 Å². The molecule has 0 fully saturated rings. The third-order valence-corrected chi connectivity index (χ3v) is 8.46. The second-order valence-electron chi connectivity index (χ2n) is 10.7. The molecule has 0 aliphatic rings. The maximum atomic E-state index is 10.3. The number of rotatable bonds is 2. The van der Waals surface area contributed by atoms with Crippen LogP contribution in [0.5, 0.6) is 0 Å². The van der Waals surface area contributed by atoms with Gasteiger partial charge in [-0.1, -0.05) is 72.8 Å². The van der Waals surface area contributed by atoms with E-state index in [2.05, 4.69) is 70.1 Å². The van der Waals surface area contributed by atoms with Crippen molar-refractivity contribution in [3.63, 3.8) is 0 Å². The summed E-state index contributed by atoms with van der Waals surface area (Å²) in [5.41, 5.74) is 8.74. The Hall–Kier alpha value is -6.30. The molecule has 0 saturated heterocycles. The fourth-order valence-corrected chi connectivity index (χ4v) is 6.67. The average Bonchev–Trinajstić information content (AvgIpc) is 3.73. The lowest BCUT2D eigenvalue weighted by Crippen LogP contribution is -2.00. The first kappa shape index (κ1) is 23.4. The largest absolute Gasteiger partial charge is 0.467 e. The van der Waals surface area contributed by atoms with Crippen molar-refractivity contribution < 1.29 is 8.83 Å². The number of hydrogen-bond acceptors (Lipinski definition) is 3. The van der Waals surface area contributed by atoms with Crippen molar-refractivity contribution in [3.05, 3.63) is 132 Å². The lowest BCUT2D eigenvalue weighted by atomic mass is 9.97. The number of para-hydroxylation sites is 4. The molecule has 0 spiro atoms. The molecular weight excluding hydrogens is 530 g/mol. The summed E-state index contributed by atoms with van der Waals surface area (Å²) in [6.45, 7) is 7.62. The molecule has 3 aromatic heterocycles. The van der Waals surface area contributed by atoms with Crippen LogP contribution in [0.15, 0.2) is 124 Å². The minimum atomic E-state index is 0.486. The van der Waals surface area contributed by atoms with E-state index in [0.29, 0.717) is 22.4 Å². The molecule has 0 radical (unpaired) electrons. The highest BCUT2D eigenvalue weighted by Crippen LogP contribution is 2.44. The highest BCUT2D eigenvalue weighted by atomic mass is 16.3. The van der Waals surface area contributed by atoms with E-state index in [9.17, 15) is 5.26 Å². The maximum Gasteiger partial charge on any atom is 0.229 e. The minimum Gasteiger partial charge on any atom is -0.467 e. The standard InChI is InChI=1S/C38H19N3O2/c1-40-29-13-7-12-27-35-34(43-38(27)29)19-18-33-36(35)28-20-22(16-17-32(28)42-33)24-11-6-8-23(21-39)37(24)41-30-14-4-2-9-25(30)26-10-3-5-15-31(26)41/h2-20H. The number of nitrogens with zero attached hydrogens (tertiary/aromatic N) is 3. The normalized spacial score (nSPS) is 11.7. The zero-order valence-electron chi connectivity index (χ0n) is 22.6. The third kappa shape index (κ3) is 3.14. The number of fused-ring (bicyclic) bond motifs is 10. The molecule has 3 heterocycles. The zero-order valence-corrected chi connectivity index (χ0v) is 22.6. The number of nitriles is 1. The van der Waals surface area contributed by atoms with Gasteiger partial charge in [0.2, 0.25) is 5.69 Å². The minimum absolute atomic E-state index is 0.486. The van der Waals surface area contributed by atoms with E-state index >= 15 is 0 Å². The molecule has 43 heavy (non-hydrogen) atoms. The van der Waals surface area contributed by atoms with Crippen LogP contribution in [-0.2, 0) is 0 Å². The van der Waals surface area contributed by atoms with Gasteiger partial charge in [-0.2, -0.15) is 5.26 Å². The van der Waals surface area contributed by atoms with Crippen LogP contribution >= 0.6 is 0 Å². The van der Waals surface area contributed by atoms with E-state index in [-0.39, 0.29) is 0 Å². The van der Waals surface area contributed by atoms with Gasteiger partial charge in [-0.15, -0.1) is 0 Å². The monoisotopic (exact) mass is 549 g/mol. The van der Waals surface area contributed by atoms with E-state index in [1.165, 1.54) is 0 Å². The van der Waals surface area contributed by atoms with Crippen LogP contribution in [0.3, 0.4) is 0 Å². The highest BCUT2D eigenvalue weighted by molar-refractivity contribution is 6.27. The van der Waals surface area contributed by atoms with Gasteiger partial charge in [0.25, 0.3) is 0 Å². The van der Waals surface area contributed by atoms with Crippen molar-refractivity contribution in [1.82, 2.24) is 4.57 Å². The van der Waals surface area contributed by atoms with Crippen LogP contribution in [0.4, 0.5) is 5.69 Å². The molecule has 6 aromatic carbocycles. The predicted octanol–water partition coefficient (Wildman–Crippen LogP) is 10.7. The first-order chi connectivity index (χ1) is 21.2. The summed E-state index contributed by atoms with van der Waals surface area (Å²) in [5.74, 6) is 0. The molecule has 198 valence electrons. The Balaban J connectivity index is 1.39. The summed E-state index contributed by atoms with van der Waals surface area (Å²) in [5, 5.41) is 16.3. The molecule has 0 unspecified atom stereocenters. The van der Waals surface area contributed by atoms with Gasteiger partial charge >= 0.3 is 0 Å². The molecule has 0 atom stereocenters. The summed E-state index contributed by atoms with van der Waals surface area (Å²) >= 11 is 0. The van der Waals surface area contributed by atoms with Crippen molar-refractivity contribution in [2.75, 3.05) is 0 Å². The van der Waals surface area contributed by atoms with E-state index in [4.69, 9.17) is 15.4 Å². The van der Waals surface area contributed by atoms with Crippen molar-refractivity contribution in [2.45, 2.75) is 0 Å². The summed E-state index contributed by atoms with van der Waals surface area (Å²) in [6.07, 6.45) is 0. The maximum absolute atomic E-state index is 10.3. The highest BCUT2D eigenvalue weighted by Gasteiger charge is 2.21. The van der Waals surface area contributed by atoms with Crippen LogP contribution in [0.25, 0.3) is 87.3 Å². The van der Waals surface area contributed by atoms with Gasteiger partial charge < -0.3 is 13.4 Å². The van der Waals surface area contributed by atoms with E-state index < -0.39 is 0 Å². The van der Waals surface area contributed by atoms with Crippen LogP contribution in [-0.4, -0.2) is 4.57 Å². The SMILES string of the molecule is [C-]#[N+]c1cccc2c1oc1ccc3oc4ccc(-c5cccc(C#N)c5-n5c6ccccc6c6ccccc65)cc4c3c12. The first-order valence-corrected chi connectivity index (χ1v) is 13.9. The van der Waals surface area contributed by atoms with Gasteiger partial charge in [-0.05, 0) is 48.0 Å². The smallest absolute Gasteiger partial charge is 0.229 e. The van der Waals surface area contributed by atoms with Crippen LogP contribution < -0.4 is 0 Å². The average molecular weight is 550 g/mol. The lowest BCUT2D eigenvalue weighted by molar-refractivity contribution is 0.663. The molecule has 0 bridgehead atoms. The third-order valence-electron chi connectivity index (χ3n) is 8.46. The van der Waals surface area contributed by atoms with Crippen molar-refractivity contribution >= 4 is 71.4 Å². The van der Waals surface area contributed by atoms with Gasteiger partial charge in [0.05, 0.1) is 28.9 Å². The molecule has 0 aliphatic heterocycles. The summed E-state index contributed by atoms with van der Waals surface area (Å²) in [7, 11) is 0. The molecule has 5 nitrogen and oxygen atoms in total. The van der Waals surface area contributed by atoms with Gasteiger partial charge in [0.15, 0.2) is 0 Å². The number of aromatic nitrogens is 1. The zero-order chi connectivity index (χ0) is 28.7. The molecule has 5 heteroatoms. The van der Waals surface area contributed by atoms with Crippen LogP contribution in [0, 0.1) is 17.9 Å². The molecular formula is C38H19N3O2. The topological polar surface area (TPSA) is 59.4 Å². The van der Waals surface area contributed by atoms with Gasteiger partial charge in [-0.25, -0.2) is 4.85 Å². The predicted molar refractivity (Wildman–Crippen MR) is 172 cm³/mol. The second kappa shape index (κ2) is 8.60. The Bertz CT molecular complexity index is 2650. The fourth-order valence-electron chi connectivity index (χ4n) is 6.67. The Labute approximate surface area is 244 Å². The fraction of sp³-hybridized carbons (Fsp3) is 0. The number of hydrogen-bond donors (Lipinski definition) is 0. The molecule has 9 rings (SSSR count). The van der Waals surface area contributed by atoms with Crippen LogP contribution in [0.1, 0.15) is 5.56 Å². The van der Waals surface area contributed by atoms with Gasteiger partial charge in [0, 0.05) is 37.9 Å². The Morgan fingerprint density at radius 1 is 0.628 bits per heavy atom. The Morgan fingerprint density at radius 2 is 1.28 bits per heavy atom. The van der Waals surface area contributed by atoms with Crippen molar-refractivity contribution in [2.24, 2.45) is 0 Å². The quantitative estimate of drug-likeness (QED) is 0.202. The lowest BCUT2D eigenvalue weighted by Gasteiger charge is -2.16. The van der Waals surface area contributed by atoms with Crippen molar-refractivity contribution in [1.29, 1.82) is 5.26 Å². The van der Waals surface area contributed by atoms with E-state index in [1.54, 1.807) is 6.07 Å². The second-order valence-corrected chi connectivity index (χ2v) is 10.7. The van der Waals surface area contributed by atoms with E-state index in [0.717, 1.165) is 71.3 Å². The van der Waals surface area contributed by atoms with Gasteiger partial charge in [0.1, 0.15) is 28.4 Å². The van der Waals surface area contributed by atoms with E-state index in [1.807, 2.05) is 54.6 Å². The Morgan fingerprint density at radius 3 is 2.02 bits per heavy atom. The molecule has 0 amide bonds. The summed E-state index contributed by atoms with van der Waals surface area (Å²) < 4.78 is 14.7. The molecule has 9 aromatic rings. The summed E-state index contributed by atoms with van der Waals surface area (Å²) in [6, 6.07) is 40.7. The van der Waals surface area contributed by atoms with Gasteiger partial charge in [-0.3, -0.25) is 0 Å². The summed E-state index contributed by atoms with van der Waals surface area (Å²) in [4.78, 5) is 3.68. The number of furan rings is 2. The van der Waals surface area contributed by atoms with Crippen LogP contribution in [0.2, 0.25) is 0 Å². The molecule has 0 saturated carbocycles. The first-order valence-electron chi connectivity index (χ1n) is 13.9. The Kier molecular flexibility index (Phi) is 4.68.